The van der Waals surface area contributed by atoms with E-state index in [1.165, 1.54) is 5.56 Å². The molecule has 3 atom stereocenters. The van der Waals surface area contributed by atoms with Crippen LogP contribution in [-0.2, 0) is 31.0 Å². The Bertz CT molecular complexity index is 1320. The maximum absolute atomic E-state index is 12.7. The largest absolute Gasteiger partial charge is 0.322 e. The number of fused-ring (bicyclic) bond motifs is 3. The fraction of sp³-hybridized carbons (Fsp3) is 0.643. The minimum absolute atomic E-state index is 0.0152. The Balaban J connectivity index is 0.000000177. The molecule has 3 aliphatic heterocycles. The lowest BCUT2D eigenvalue weighted by atomic mass is 9.70. The van der Waals surface area contributed by atoms with Gasteiger partial charge in [0.1, 0.15) is 11.8 Å². The van der Waals surface area contributed by atoms with Gasteiger partial charge in [0.25, 0.3) is 16.0 Å². The lowest BCUT2D eigenvalue weighted by molar-refractivity contribution is -0.137. The molecule has 4 fully saturated rings. The van der Waals surface area contributed by atoms with Gasteiger partial charge in [-0.2, -0.15) is 8.42 Å². The number of hydrogen-bond acceptors (Lipinski definition) is 7. The second kappa shape index (κ2) is 10.1. The number of amides is 3. The van der Waals surface area contributed by atoms with Gasteiger partial charge in [-0.15, -0.1) is 0 Å². The number of Topliss-reactive ketones (excluding diaryl/α,β-unsaturated/α-hetero) is 1. The zero-order chi connectivity index (χ0) is 28.2. The van der Waals surface area contributed by atoms with Crippen LogP contribution in [0.5, 0.6) is 0 Å². The first-order valence-corrected chi connectivity index (χ1v) is 15.4. The van der Waals surface area contributed by atoms with E-state index in [1.54, 1.807) is 4.90 Å². The molecule has 5 aliphatic rings. The van der Waals surface area contributed by atoms with Crippen molar-refractivity contribution in [3.63, 3.8) is 0 Å². The van der Waals surface area contributed by atoms with Crippen molar-refractivity contribution in [1.82, 2.24) is 15.5 Å². The Morgan fingerprint density at radius 3 is 2.36 bits per heavy atom. The molecule has 11 heteroatoms. The summed E-state index contributed by atoms with van der Waals surface area (Å²) >= 11 is 0. The van der Waals surface area contributed by atoms with Crippen LogP contribution < -0.4 is 10.6 Å². The van der Waals surface area contributed by atoms with Crippen molar-refractivity contribution in [2.75, 3.05) is 18.8 Å². The van der Waals surface area contributed by atoms with Crippen molar-refractivity contribution in [2.45, 2.75) is 77.3 Å². The molecule has 2 saturated carbocycles. The molecule has 1 aromatic carbocycles. The van der Waals surface area contributed by atoms with Gasteiger partial charge in [0.2, 0.25) is 11.8 Å². The second-order valence-corrected chi connectivity index (χ2v) is 13.7. The molecule has 39 heavy (non-hydrogen) atoms. The first-order valence-electron chi connectivity index (χ1n) is 13.8. The van der Waals surface area contributed by atoms with Crippen LogP contribution in [0.3, 0.4) is 0 Å². The molecule has 3 N–H and O–H groups in total. The summed E-state index contributed by atoms with van der Waals surface area (Å²) in [5, 5.41) is 5.71. The summed E-state index contributed by atoms with van der Waals surface area (Å²) in [7, 11) is -4.08. The number of nitrogens with one attached hydrogen (secondary N) is 2. The Hall–Kier alpha value is -2.63. The average Bonchev–Trinajstić information content (AvgIpc) is 3.39. The first-order chi connectivity index (χ1) is 18.3. The minimum Gasteiger partial charge on any atom is -0.322 e. The molecule has 2 aliphatic carbocycles. The van der Waals surface area contributed by atoms with Crippen LogP contribution in [0.1, 0.15) is 86.2 Å². The molecule has 6 rings (SSSR count). The average molecular weight is 560 g/mol. The summed E-state index contributed by atoms with van der Waals surface area (Å²) in [6, 6.07) is 5.56. The van der Waals surface area contributed by atoms with Crippen LogP contribution in [0.25, 0.3) is 0 Å². The highest BCUT2D eigenvalue weighted by Crippen LogP contribution is 2.64. The van der Waals surface area contributed by atoms with Crippen LogP contribution in [0.15, 0.2) is 18.2 Å². The number of benzene rings is 1. The quantitative estimate of drug-likeness (QED) is 0.375. The fourth-order valence-electron chi connectivity index (χ4n) is 7.42. The third kappa shape index (κ3) is 5.04. The van der Waals surface area contributed by atoms with Crippen LogP contribution in [0.4, 0.5) is 0 Å². The molecule has 0 aromatic heterocycles. The van der Waals surface area contributed by atoms with E-state index in [1.807, 2.05) is 19.9 Å². The van der Waals surface area contributed by atoms with Gasteiger partial charge >= 0.3 is 0 Å². The van der Waals surface area contributed by atoms with E-state index in [2.05, 4.69) is 22.8 Å². The van der Waals surface area contributed by atoms with Crippen molar-refractivity contribution in [3.8, 4) is 0 Å². The Labute approximate surface area is 229 Å². The summed E-state index contributed by atoms with van der Waals surface area (Å²) in [5.41, 5.74) is 1.86. The summed E-state index contributed by atoms with van der Waals surface area (Å²) in [6.07, 6.45) is 4.90. The van der Waals surface area contributed by atoms with Crippen LogP contribution in [-0.4, -0.2) is 66.3 Å². The van der Waals surface area contributed by atoms with Gasteiger partial charge in [-0.05, 0) is 79.6 Å². The minimum atomic E-state index is -4.08. The number of carbonyl (C=O) groups is 4. The van der Waals surface area contributed by atoms with Gasteiger partial charge in [-0.3, -0.25) is 29.0 Å². The van der Waals surface area contributed by atoms with Crippen molar-refractivity contribution in [3.05, 3.63) is 34.9 Å². The van der Waals surface area contributed by atoms with E-state index in [0.717, 1.165) is 37.9 Å². The number of imide groups is 1. The van der Waals surface area contributed by atoms with Crippen LogP contribution in [0.2, 0.25) is 0 Å². The van der Waals surface area contributed by atoms with Crippen molar-refractivity contribution >= 4 is 33.6 Å². The summed E-state index contributed by atoms with van der Waals surface area (Å²) < 4.78 is 31.0. The zero-order valence-electron chi connectivity index (χ0n) is 22.5. The van der Waals surface area contributed by atoms with E-state index in [0.29, 0.717) is 37.3 Å². The topological polar surface area (TPSA) is 150 Å². The Morgan fingerprint density at radius 1 is 1.05 bits per heavy atom. The molecule has 0 spiro atoms. The smallest absolute Gasteiger partial charge is 0.265 e. The maximum atomic E-state index is 12.7. The van der Waals surface area contributed by atoms with Crippen molar-refractivity contribution < 1.29 is 32.1 Å². The van der Waals surface area contributed by atoms with Crippen LogP contribution in [0, 0.1) is 16.7 Å². The normalized spacial score (nSPS) is 30.2. The molecule has 1 unspecified atom stereocenters. The Morgan fingerprint density at radius 2 is 1.77 bits per heavy atom. The molecule has 10 nitrogen and oxygen atoms in total. The fourth-order valence-corrected chi connectivity index (χ4v) is 8.72. The van der Waals surface area contributed by atoms with E-state index in [-0.39, 0.29) is 41.3 Å². The number of piperidine rings is 2. The number of hydrogen-bond donors (Lipinski definition) is 3. The summed E-state index contributed by atoms with van der Waals surface area (Å²) in [4.78, 5) is 49.5. The Kier molecular flexibility index (Phi) is 7.22. The van der Waals surface area contributed by atoms with Gasteiger partial charge in [-0.25, -0.2) is 0 Å². The standard InChI is InChI=1S/C18H21N3O3.C10H16O4S/c22-16-4-3-15(17(23)20-16)21-10-13-9-12(1-2-14(13)18(21)24)11-5-7-19-8-6-11;1-9(2)7-3-4-10(9,8(11)5-7)6-15(12,13)14/h1-2,9,11,15,19H,3-8,10H2,(H,20,22,23);7H,3-6H2,1-2H3,(H,12,13,14)/t15-;7?,10-/m00/s1. The third-order valence-electron chi connectivity index (χ3n) is 9.93. The molecule has 2 saturated heterocycles. The van der Waals surface area contributed by atoms with E-state index in [9.17, 15) is 27.6 Å². The monoisotopic (exact) mass is 559 g/mol. The van der Waals surface area contributed by atoms with E-state index in [4.69, 9.17) is 4.55 Å². The zero-order valence-corrected chi connectivity index (χ0v) is 23.3. The lowest BCUT2D eigenvalue weighted by Crippen LogP contribution is -2.52. The SMILES string of the molecule is CC1(C)C2CC[C@]1(CS(=O)(=O)O)C(=O)C2.O=C1CC[C@H](N2Cc3cc(C4CCNCC4)ccc3C2=O)C(=O)N1. The highest BCUT2D eigenvalue weighted by Gasteiger charge is 2.65. The molecule has 3 amide bonds. The van der Waals surface area contributed by atoms with E-state index >= 15 is 0 Å². The molecular formula is C28H37N3O7S. The molecule has 212 valence electrons. The second-order valence-electron chi connectivity index (χ2n) is 12.2. The summed E-state index contributed by atoms with van der Waals surface area (Å²) in [6.45, 7) is 6.41. The first kappa shape index (κ1) is 27.9. The number of rotatable bonds is 4. The van der Waals surface area contributed by atoms with Gasteiger partial charge in [0.05, 0.1) is 11.2 Å². The highest BCUT2D eigenvalue weighted by molar-refractivity contribution is 7.85. The number of nitrogens with zero attached hydrogens (tertiary/aromatic N) is 1. The molecule has 2 bridgehead atoms. The predicted octanol–water partition coefficient (Wildman–Crippen LogP) is 2.18. The van der Waals surface area contributed by atoms with Crippen LogP contribution >= 0.6 is 0 Å². The lowest BCUT2D eigenvalue weighted by Gasteiger charge is -2.35. The summed E-state index contributed by atoms with van der Waals surface area (Å²) in [5.74, 6) is -0.275. The molecule has 1 aromatic rings. The van der Waals surface area contributed by atoms with Gasteiger partial charge in [0.15, 0.2) is 0 Å². The number of carbonyl (C=O) groups excluding carboxylic acids is 4. The predicted molar refractivity (Wildman–Crippen MR) is 142 cm³/mol. The van der Waals surface area contributed by atoms with Crippen molar-refractivity contribution in [1.29, 1.82) is 0 Å². The number of ketones is 1. The van der Waals surface area contributed by atoms with Gasteiger partial charge in [0, 0.05) is 24.9 Å². The van der Waals surface area contributed by atoms with E-state index < -0.39 is 27.3 Å². The van der Waals surface area contributed by atoms with Crippen molar-refractivity contribution in [2.24, 2.45) is 16.7 Å². The molecular weight excluding hydrogens is 522 g/mol. The molecule has 0 radical (unpaired) electrons. The van der Waals surface area contributed by atoms with Gasteiger partial charge < -0.3 is 10.2 Å². The molecule has 3 heterocycles. The third-order valence-corrected chi connectivity index (χ3v) is 10.8. The van der Waals surface area contributed by atoms with Gasteiger partial charge in [-0.1, -0.05) is 26.0 Å². The highest BCUT2D eigenvalue weighted by atomic mass is 32.2. The maximum Gasteiger partial charge on any atom is 0.265 e.